The minimum atomic E-state index is 0.287. The van der Waals surface area contributed by atoms with Crippen LogP contribution in [0.25, 0.3) is 17.7 Å². The van der Waals surface area contributed by atoms with Gasteiger partial charge in [0.2, 0.25) is 0 Å². The lowest BCUT2D eigenvalue weighted by Gasteiger charge is -2.22. The summed E-state index contributed by atoms with van der Waals surface area (Å²) < 4.78 is 0. The highest BCUT2D eigenvalue weighted by molar-refractivity contribution is 5.79. The summed E-state index contributed by atoms with van der Waals surface area (Å²) in [5, 5.41) is 10.1. The Morgan fingerprint density at radius 1 is 0.938 bits per heavy atom. The number of phenols is 1. The molecule has 0 radical (unpaired) electrons. The predicted molar refractivity (Wildman–Crippen MR) is 134 cm³/mol. The van der Waals surface area contributed by atoms with E-state index in [1.165, 1.54) is 55.6 Å². The third kappa shape index (κ3) is 2.99. The Morgan fingerprint density at radius 3 is 2.72 bits per heavy atom. The number of hydrogen-bond acceptors (Lipinski definition) is 1. The first-order chi connectivity index (χ1) is 15.6. The fourth-order valence-electron chi connectivity index (χ4n) is 5.72. The van der Waals surface area contributed by atoms with E-state index in [0.717, 1.165) is 19.3 Å². The number of fused-ring (bicyclic) bond motifs is 3. The molecule has 0 aromatic heterocycles. The van der Waals surface area contributed by atoms with Crippen molar-refractivity contribution < 1.29 is 5.11 Å². The number of benzene rings is 3. The Bertz CT molecular complexity index is 1330. The van der Waals surface area contributed by atoms with Gasteiger partial charge in [-0.2, -0.15) is 0 Å². The van der Waals surface area contributed by atoms with Gasteiger partial charge in [-0.15, -0.1) is 0 Å². The minimum absolute atomic E-state index is 0.287. The molecule has 3 aromatic carbocycles. The van der Waals surface area contributed by atoms with E-state index in [1.54, 1.807) is 6.07 Å². The van der Waals surface area contributed by atoms with Crippen LogP contribution < -0.4 is 0 Å². The first-order valence-corrected chi connectivity index (χ1v) is 11.8. The van der Waals surface area contributed by atoms with Gasteiger partial charge in [-0.1, -0.05) is 80.6 Å². The van der Waals surface area contributed by atoms with E-state index in [4.69, 9.17) is 0 Å². The van der Waals surface area contributed by atoms with Gasteiger partial charge in [0.1, 0.15) is 5.75 Å². The summed E-state index contributed by atoms with van der Waals surface area (Å²) in [5.74, 6) is 0.949. The number of aryl methyl sites for hydroxylation is 1. The van der Waals surface area contributed by atoms with Crippen LogP contribution in [0.1, 0.15) is 75.8 Å². The van der Waals surface area contributed by atoms with Crippen molar-refractivity contribution in [1.29, 1.82) is 0 Å². The van der Waals surface area contributed by atoms with E-state index in [2.05, 4.69) is 80.6 Å². The van der Waals surface area contributed by atoms with E-state index >= 15 is 0 Å². The molecular formula is C31H28O. The van der Waals surface area contributed by atoms with E-state index in [9.17, 15) is 5.11 Å². The molecule has 6 rings (SSSR count). The summed E-state index contributed by atoms with van der Waals surface area (Å²) in [5.41, 5.74) is 13.7. The van der Waals surface area contributed by atoms with Crippen LogP contribution in [0, 0.1) is 0 Å². The lowest BCUT2D eigenvalue weighted by Crippen LogP contribution is -2.05. The Kier molecular flexibility index (Phi) is 4.47. The van der Waals surface area contributed by atoms with Crippen LogP contribution in [0.4, 0.5) is 0 Å². The highest BCUT2D eigenvalue weighted by Crippen LogP contribution is 2.44. The largest absolute Gasteiger partial charge is 0.508 e. The smallest absolute Gasteiger partial charge is 0.116 e. The zero-order valence-corrected chi connectivity index (χ0v) is 18.7. The summed E-state index contributed by atoms with van der Waals surface area (Å²) in [7, 11) is 0. The first kappa shape index (κ1) is 19.4. The molecule has 1 heteroatoms. The summed E-state index contributed by atoms with van der Waals surface area (Å²) in [4.78, 5) is 0. The molecule has 3 aromatic rings. The van der Waals surface area contributed by atoms with Crippen molar-refractivity contribution in [2.75, 3.05) is 0 Å². The van der Waals surface area contributed by atoms with Gasteiger partial charge >= 0.3 is 0 Å². The third-order valence-corrected chi connectivity index (χ3v) is 7.55. The molecule has 0 amide bonds. The predicted octanol–water partition coefficient (Wildman–Crippen LogP) is 7.43. The molecule has 0 aliphatic heterocycles. The highest BCUT2D eigenvalue weighted by atomic mass is 16.3. The van der Waals surface area contributed by atoms with Crippen molar-refractivity contribution in [1.82, 2.24) is 0 Å². The quantitative estimate of drug-likeness (QED) is 0.469. The standard InChI is InChI=1S/C31H28O/c1-3-20-7-12-28-23(15-20)10-14-29(28)31-17-24(16-22-5-4-6-27(22)31)19(2)26-13-9-21-8-11-25(32)18-30(21)26/h4,6-8,10-19,29,32H,3,5,9H2,1-2H3. The van der Waals surface area contributed by atoms with Gasteiger partial charge in [-0.25, -0.2) is 0 Å². The normalized spacial score (nSPS) is 18.4. The van der Waals surface area contributed by atoms with Crippen LogP contribution >= 0.6 is 0 Å². The molecule has 0 fully saturated rings. The highest BCUT2D eigenvalue weighted by Gasteiger charge is 2.27. The van der Waals surface area contributed by atoms with Crippen LogP contribution in [0.2, 0.25) is 0 Å². The summed E-state index contributed by atoms with van der Waals surface area (Å²) in [6.07, 6.45) is 14.7. The number of allylic oxidation sites excluding steroid dienone is 4. The fourth-order valence-corrected chi connectivity index (χ4v) is 5.72. The summed E-state index contributed by atoms with van der Waals surface area (Å²) >= 11 is 0. The second-order valence-electron chi connectivity index (χ2n) is 9.37. The maximum absolute atomic E-state index is 10.1. The van der Waals surface area contributed by atoms with Crippen molar-refractivity contribution in [3.63, 3.8) is 0 Å². The van der Waals surface area contributed by atoms with Gasteiger partial charge in [0.05, 0.1) is 0 Å². The van der Waals surface area contributed by atoms with Crippen molar-refractivity contribution in [3.8, 4) is 5.75 Å². The van der Waals surface area contributed by atoms with Crippen molar-refractivity contribution in [2.45, 2.75) is 44.9 Å². The molecular weight excluding hydrogens is 388 g/mol. The van der Waals surface area contributed by atoms with Crippen LogP contribution in [0.5, 0.6) is 5.75 Å². The molecule has 1 nitrogen and oxygen atoms in total. The molecule has 2 unspecified atom stereocenters. The van der Waals surface area contributed by atoms with Gasteiger partial charge in [0.25, 0.3) is 0 Å². The van der Waals surface area contributed by atoms with Gasteiger partial charge in [0.15, 0.2) is 0 Å². The maximum atomic E-state index is 10.1. The number of phenolic OH excluding ortho intramolecular Hbond substituents is 1. The molecule has 3 aliphatic carbocycles. The minimum Gasteiger partial charge on any atom is -0.508 e. The molecule has 32 heavy (non-hydrogen) atoms. The van der Waals surface area contributed by atoms with Crippen molar-refractivity contribution in [3.05, 3.63) is 117 Å². The molecule has 0 saturated carbocycles. The second kappa shape index (κ2) is 7.38. The third-order valence-electron chi connectivity index (χ3n) is 7.55. The average Bonchev–Trinajstić information content (AvgIpc) is 3.55. The summed E-state index contributed by atoms with van der Waals surface area (Å²) in [6.45, 7) is 4.53. The Morgan fingerprint density at radius 2 is 1.84 bits per heavy atom. The molecule has 3 aliphatic rings. The van der Waals surface area contributed by atoms with Crippen molar-refractivity contribution in [2.24, 2.45) is 0 Å². The molecule has 0 heterocycles. The van der Waals surface area contributed by atoms with Crippen LogP contribution in [-0.2, 0) is 19.3 Å². The van der Waals surface area contributed by atoms with Gasteiger partial charge in [-0.05, 0) is 87.0 Å². The lowest BCUT2D eigenvalue weighted by atomic mass is 9.82. The fraction of sp³-hybridized carbons (Fsp3) is 0.226. The Balaban J connectivity index is 1.43. The molecule has 1 N–H and O–H groups in total. The van der Waals surface area contributed by atoms with Crippen LogP contribution in [0.15, 0.2) is 66.8 Å². The lowest BCUT2D eigenvalue weighted by molar-refractivity contribution is 0.475. The van der Waals surface area contributed by atoms with Crippen molar-refractivity contribution >= 4 is 17.7 Å². The van der Waals surface area contributed by atoms with Gasteiger partial charge in [0, 0.05) is 11.8 Å². The zero-order chi connectivity index (χ0) is 21.8. The topological polar surface area (TPSA) is 20.2 Å². The Hall–Kier alpha value is -3.32. The number of rotatable bonds is 4. The van der Waals surface area contributed by atoms with Gasteiger partial charge < -0.3 is 5.11 Å². The molecule has 158 valence electrons. The van der Waals surface area contributed by atoms with E-state index < -0.39 is 0 Å². The van der Waals surface area contributed by atoms with E-state index in [-0.39, 0.29) is 5.92 Å². The van der Waals surface area contributed by atoms with Crippen LogP contribution in [-0.4, -0.2) is 5.11 Å². The van der Waals surface area contributed by atoms with E-state index in [0.29, 0.717) is 11.7 Å². The van der Waals surface area contributed by atoms with Gasteiger partial charge in [-0.3, -0.25) is 0 Å². The zero-order valence-electron chi connectivity index (χ0n) is 18.7. The monoisotopic (exact) mass is 416 g/mol. The second-order valence-corrected chi connectivity index (χ2v) is 9.37. The van der Waals surface area contributed by atoms with E-state index in [1.807, 2.05) is 6.07 Å². The molecule has 2 atom stereocenters. The first-order valence-electron chi connectivity index (χ1n) is 11.8. The molecule has 0 bridgehead atoms. The number of hydrogen-bond donors (Lipinski definition) is 1. The van der Waals surface area contributed by atoms with Crippen LogP contribution in [0.3, 0.4) is 0 Å². The Labute approximate surface area is 190 Å². The average molecular weight is 417 g/mol. The molecule has 0 spiro atoms. The maximum Gasteiger partial charge on any atom is 0.116 e. The SMILES string of the molecule is CCc1ccc2c(c1)C=CC2c1cc(C(C)C2=CCc3ccc(O)cc32)cc2c1C=CC2. The molecule has 0 saturated heterocycles. The summed E-state index contributed by atoms with van der Waals surface area (Å²) in [6, 6.07) is 17.6. The number of aromatic hydroxyl groups is 1.